The zero-order valence-electron chi connectivity index (χ0n) is 13.6. The van der Waals surface area contributed by atoms with Crippen LogP contribution in [0.25, 0.3) is 0 Å². The fourth-order valence-electron chi connectivity index (χ4n) is 2.10. The Labute approximate surface area is 140 Å². The lowest BCUT2D eigenvalue weighted by Crippen LogP contribution is -1.99. The topological polar surface area (TPSA) is 81.8 Å². The second kappa shape index (κ2) is 8.01. The lowest BCUT2D eigenvalue weighted by Gasteiger charge is -2.04. The number of carbonyl (C=O) groups is 1. The van der Waals surface area contributed by atoms with Crippen LogP contribution in [0.2, 0.25) is 0 Å². The van der Waals surface area contributed by atoms with E-state index < -0.39 is 4.92 Å². The molecule has 0 radical (unpaired) electrons. The fraction of sp³-hybridized carbons (Fsp3) is 0.222. The van der Waals surface area contributed by atoms with Gasteiger partial charge in [0.25, 0.3) is 5.69 Å². The normalized spacial score (nSPS) is 10.8. The highest BCUT2D eigenvalue weighted by Crippen LogP contribution is 2.31. The Hall–Kier alpha value is -3.02. The number of rotatable bonds is 7. The molecule has 0 aliphatic carbocycles. The summed E-state index contributed by atoms with van der Waals surface area (Å²) in [4.78, 5) is 26.7. The molecule has 6 nitrogen and oxygen atoms in total. The van der Waals surface area contributed by atoms with Gasteiger partial charge in [-0.3, -0.25) is 19.9 Å². The van der Waals surface area contributed by atoms with Crippen LogP contribution in [0.4, 0.5) is 11.4 Å². The molecular formula is C18H18N2O4. The van der Waals surface area contributed by atoms with Gasteiger partial charge in [-0.25, -0.2) is 0 Å². The summed E-state index contributed by atoms with van der Waals surface area (Å²) in [5.74, 6) is 0.325. The van der Waals surface area contributed by atoms with Crippen molar-refractivity contribution in [3.8, 4) is 5.75 Å². The molecule has 0 aromatic heterocycles. The molecule has 2 rings (SSSR count). The van der Waals surface area contributed by atoms with E-state index in [0.717, 1.165) is 5.56 Å². The first-order chi connectivity index (χ1) is 11.5. The number of benzene rings is 2. The van der Waals surface area contributed by atoms with Gasteiger partial charge in [0.2, 0.25) is 0 Å². The van der Waals surface area contributed by atoms with E-state index in [1.54, 1.807) is 25.1 Å². The lowest BCUT2D eigenvalue weighted by atomic mass is 10.1. The molecule has 0 N–H and O–H groups in total. The van der Waals surface area contributed by atoms with Gasteiger partial charge in [0.05, 0.1) is 17.6 Å². The van der Waals surface area contributed by atoms with E-state index in [1.807, 2.05) is 19.1 Å². The molecule has 0 atom stereocenters. The molecule has 124 valence electrons. The molecule has 0 amide bonds. The van der Waals surface area contributed by atoms with Crippen molar-refractivity contribution in [3.63, 3.8) is 0 Å². The molecule has 2 aromatic carbocycles. The van der Waals surface area contributed by atoms with E-state index in [-0.39, 0.29) is 23.6 Å². The van der Waals surface area contributed by atoms with Gasteiger partial charge in [0.15, 0.2) is 5.78 Å². The number of carbonyl (C=O) groups excluding carboxylic acids is 1. The van der Waals surface area contributed by atoms with Crippen molar-refractivity contribution in [1.82, 2.24) is 0 Å². The Morgan fingerprint density at radius 2 is 1.96 bits per heavy atom. The molecule has 0 heterocycles. The zero-order valence-corrected chi connectivity index (χ0v) is 13.6. The van der Waals surface area contributed by atoms with E-state index in [1.165, 1.54) is 18.3 Å². The first-order valence-corrected chi connectivity index (χ1v) is 7.55. The fourth-order valence-corrected chi connectivity index (χ4v) is 2.10. The maximum Gasteiger partial charge on any atom is 0.298 e. The van der Waals surface area contributed by atoms with Crippen LogP contribution in [0.3, 0.4) is 0 Å². The molecule has 0 fully saturated rings. The number of Topliss-reactive ketones (excluding diaryl/α,β-unsaturated/α-hetero) is 1. The average molecular weight is 326 g/mol. The van der Waals surface area contributed by atoms with E-state index in [2.05, 4.69) is 4.99 Å². The Kier molecular flexibility index (Phi) is 5.78. The molecule has 0 bridgehead atoms. The molecule has 6 heteroatoms. The first-order valence-electron chi connectivity index (χ1n) is 7.55. The second-order valence-corrected chi connectivity index (χ2v) is 5.15. The van der Waals surface area contributed by atoms with E-state index in [4.69, 9.17) is 4.74 Å². The summed E-state index contributed by atoms with van der Waals surface area (Å²) in [5, 5.41) is 11.1. The van der Waals surface area contributed by atoms with Gasteiger partial charge < -0.3 is 4.74 Å². The summed E-state index contributed by atoms with van der Waals surface area (Å²) >= 11 is 0. The van der Waals surface area contributed by atoms with Crippen molar-refractivity contribution in [2.75, 3.05) is 6.61 Å². The first kappa shape index (κ1) is 17.3. The summed E-state index contributed by atoms with van der Waals surface area (Å²) in [5.41, 5.74) is 1.71. The van der Waals surface area contributed by atoms with Crippen LogP contribution in [0.5, 0.6) is 5.75 Å². The number of hydrogen-bond acceptors (Lipinski definition) is 5. The molecule has 0 saturated heterocycles. The number of aliphatic imine (C=N–C) groups is 1. The minimum atomic E-state index is -0.517. The molecule has 0 aliphatic rings. The van der Waals surface area contributed by atoms with Gasteiger partial charge in [-0.15, -0.1) is 0 Å². The van der Waals surface area contributed by atoms with Gasteiger partial charge >= 0.3 is 0 Å². The monoisotopic (exact) mass is 326 g/mol. The average Bonchev–Trinajstić information content (AvgIpc) is 2.56. The largest absolute Gasteiger partial charge is 0.494 e. The summed E-state index contributed by atoms with van der Waals surface area (Å²) < 4.78 is 5.25. The summed E-state index contributed by atoms with van der Waals surface area (Å²) in [6.45, 7) is 4.17. The van der Waals surface area contributed by atoms with Crippen LogP contribution in [0.15, 0.2) is 47.5 Å². The van der Waals surface area contributed by atoms with Gasteiger partial charge in [-0.05, 0) is 26.0 Å². The van der Waals surface area contributed by atoms with E-state index in [9.17, 15) is 14.9 Å². The Balaban J connectivity index is 2.12. The van der Waals surface area contributed by atoms with Crippen LogP contribution in [0.1, 0.15) is 29.3 Å². The van der Waals surface area contributed by atoms with E-state index in [0.29, 0.717) is 17.9 Å². The van der Waals surface area contributed by atoms with Gasteiger partial charge in [0.1, 0.15) is 11.4 Å². The summed E-state index contributed by atoms with van der Waals surface area (Å²) in [6, 6.07) is 11.7. The zero-order chi connectivity index (χ0) is 17.5. The molecule has 0 saturated carbocycles. The summed E-state index contributed by atoms with van der Waals surface area (Å²) in [7, 11) is 0. The maximum absolute atomic E-state index is 12.1. The number of nitro benzene ring substituents is 1. The molecule has 24 heavy (non-hydrogen) atoms. The van der Waals surface area contributed by atoms with Gasteiger partial charge in [-0.1, -0.05) is 29.8 Å². The Morgan fingerprint density at radius 3 is 2.58 bits per heavy atom. The third-order valence-corrected chi connectivity index (χ3v) is 3.34. The van der Waals surface area contributed by atoms with Crippen molar-refractivity contribution in [2.24, 2.45) is 4.99 Å². The minimum absolute atomic E-state index is 0.0768. The molecule has 2 aromatic rings. The second-order valence-electron chi connectivity index (χ2n) is 5.15. The number of ketones is 1. The quantitative estimate of drug-likeness (QED) is 0.329. The molecular weight excluding hydrogens is 308 g/mol. The van der Waals surface area contributed by atoms with Crippen molar-refractivity contribution >= 4 is 23.4 Å². The number of hydrogen-bond donors (Lipinski definition) is 0. The smallest absolute Gasteiger partial charge is 0.298 e. The maximum atomic E-state index is 12.1. The van der Waals surface area contributed by atoms with Crippen LogP contribution >= 0.6 is 0 Å². The van der Waals surface area contributed by atoms with Crippen LogP contribution in [0, 0.1) is 17.0 Å². The van der Waals surface area contributed by atoms with Crippen LogP contribution < -0.4 is 4.74 Å². The number of nitrogens with zero attached hydrogens (tertiary/aromatic N) is 2. The van der Waals surface area contributed by atoms with Crippen molar-refractivity contribution < 1.29 is 14.5 Å². The third-order valence-electron chi connectivity index (χ3n) is 3.34. The highest BCUT2D eigenvalue weighted by Gasteiger charge is 2.14. The predicted octanol–water partition coefficient (Wildman–Crippen LogP) is 4.28. The lowest BCUT2D eigenvalue weighted by molar-refractivity contribution is -0.384. The summed E-state index contributed by atoms with van der Waals surface area (Å²) in [6.07, 6.45) is 1.47. The molecule has 0 unspecified atom stereocenters. The predicted molar refractivity (Wildman–Crippen MR) is 92.5 cm³/mol. The SMILES string of the molecule is CCOc1ccc(N=CCC(=O)c2ccc(C)cc2)c([N+](=O)[O-])c1. The van der Waals surface area contributed by atoms with Gasteiger partial charge in [-0.2, -0.15) is 0 Å². The molecule has 0 aliphatic heterocycles. The van der Waals surface area contributed by atoms with E-state index >= 15 is 0 Å². The standard InChI is InChI=1S/C18H18N2O4/c1-3-24-15-8-9-16(17(12-15)20(22)23)19-11-10-18(21)14-6-4-13(2)5-7-14/h4-9,11-12H,3,10H2,1-2H3. The van der Waals surface area contributed by atoms with Crippen LogP contribution in [-0.4, -0.2) is 23.5 Å². The molecule has 0 spiro atoms. The third kappa shape index (κ3) is 4.49. The minimum Gasteiger partial charge on any atom is -0.494 e. The van der Waals surface area contributed by atoms with Crippen molar-refractivity contribution in [3.05, 3.63) is 63.7 Å². The number of nitro groups is 1. The number of ether oxygens (including phenoxy) is 1. The Bertz CT molecular complexity index is 767. The Morgan fingerprint density at radius 1 is 1.25 bits per heavy atom. The van der Waals surface area contributed by atoms with Gasteiger partial charge in [0, 0.05) is 18.2 Å². The van der Waals surface area contributed by atoms with Crippen molar-refractivity contribution in [1.29, 1.82) is 0 Å². The highest BCUT2D eigenvalue weighted by atomic mass is 16.6. The number of aryl methyl sites for hydroxylation is 1. The highest BCUT2D eigenvalue weighted by molar-refractivity contribution is 6.04. The van der Waals surface area contributed by atoms with Crippen LogP contribution in [-0.2, 0) is 0 Å². The van der Waals surface area contributed by atoms with Crippen molar-refractivity contribution in [2.45, 2.75) is 20.3 Å².